The molecule has 0 aromatic heterocycles. The lowest BCUT2D eigenvalue weighted by atomic mass is 9.78. The molecule has 3 heteroatoms. The molecule has 1 aromatic rings. The zero-order valence-electron chi connectivity index (χ0n) is 11.3. The maximum Gasteiger partial charge on any atom is 0.161 e. The van der Waals surface area contributed by atoms with Gasteiger partial charge in [0.15, 0.2) is 11.5 Å². The predicted octanol–water partition coefficient (Wildman–Crippen LogP) is 2.51. The molecule has 0 amide bonds. The Labute approximate surface area is 109 Å². The highest BCUT2D eigenvalue weighted by Crippen LogP contribution is 2.40. The summed E-state index contributed by atoms with van der Waals surface area (Å²) in [5.41, 5.74) is 1.47. The number of methoxy groups -OCH3 is 2. The third-order valence-corrected chi connectivity index (χ3v) is 3.69. The molecule has 1 aliphatic rings. The summed E-state index contributed by atoms with van der Waals surface area (Å²) >= 11 is 0. The minimum atomic E-state index is 0.161. The number of nitrogens with one attached hydrogen (secondary N) is 1. The minimum absolute atomic E-state index is 0.161. The van der Waals surface area contributed by atoms with E-state index in [9.17, 15) is 0 Å². The molecule has 0 spiro atoms. The summed E-state index contributed by atoms with van der Waals surface area (Å²) in [6.45, 7) is 0.968. The van der Waals surface area contributed by atoms with Crippen LogP contribution in [0.3, 0.4) is 0 Å². The van der Waals surface area contributed by atoms with Crippen LogP contribution in [-0.2, 0) is 5.41 Å². The van der Waals surface area contributed by atoms with Crippen molar-refractivity contribution in [1.29, 1.82) is 0 Å². The van der Waals surface area contributed by atoms with E-state index >= 15 is 0 Å². The van der Waals surface area contributed by atoms with Crippen LogP contribution >= 0.6 is 0 Å². The molecular weight excluding hydrogens is 226 g/mol. The molecular formula is C15H21NO2. The Hall–Kier alpha value is -1.48. The summed E-state index contributed by atoms with van der Waals surface area (Å²) in [6, 6.07) is 6.23. The maximum absolute atomic E-state index is 5.39. The van der Waals surface area contributed by atoms with Gasteiger partial charge in [0.25, 0.3) is 0 Å². The Morgan fingerprint density at radius 1 is 1.11 bits per heavy atom. The molecule has 2 rings (SSSR count). The summed E-state index contributed by atoms with van der Waals surface area (Å²) in [4.78, 5) is 0. The SMILES string of the molecule is CNCC1(c2ccc(OC)c(OC)c2)CC=CC1. The summed E-state index contributed by atoms with van der Waals surface area (Å²) in [6.07, 6.45) is 6.66. The monoisotopic (exact) mass is 247 g/mol. The molecule has 0 atom stereocenters. The van der Waals surface area contributed by atoms with Gasteiger partial charge < -0.3 is 14.8 Å². The Morgan fingerprint density at radius 3 is 2.33 bits per heavy atom. The van der Waals surface area contributed by atoms with Crippen molar-refractivity contribution >= 4 is 0 Å². The molecule has 0 saturated heterocycles. The molecule has 18 heavy (non-hydrogen) atoms. The van der Waals surface area contributed by atoms with E-state index in [1.807, 2.05) is 13.1 Å². The van der Waals surface area contributed by atoms with E-state index in [4.69, 9.17) is 9.47 Å². The second kappa shape index (κ2) is 5.44. The first kappa shape index (κ1) is 13.0. The van der Waals surface area contributed by atoms with Crippen LogP contribution in [0.2, 0.25) is 0 Å². The Balaban J connectivity index is 2.36. The molecule has 3 nitrogen and oxygen atoms in total. The van der Waals surface area contributed by atoms with E-state index in [1.54, 1.807) is 14.2 Å². The van der Waals surface area contributed by atoms with Crippen LogP contribution in [-0.4, -0.2) is 27.8 Å². The van der Waals surface area contributed by atoms with Gasteiger partial charge in [-0.2, -0.15) is 0 Å². The first-order chi connectivity index (χ1) is 8.75. The first-order valence-corrected chi connectivity index (χ1v) is 6.28. The van der Waals surface area contributed by atoms with Gasteiger partial charge in [0.2, 0.25) is 0 Å². The van der Waals surface area contributed by atoms with Crippen molar-refractivity contribution in [1.82, 2.24) is 5.32 Å². The van der Waals surface area contributed by atoms with Gasteiger partial charge >= 0.3 is 0 Å². The molecule has 0 bridgehead atoms. The average molecular weight is 247 g/mol. The van der Waals surface area contributed by atoms with E-state index in [1.165, 1.54) is 5.56 Å². The zero-order chi connectivity index (χ0) is 13.0. The van der Waals surface area contributed by atoms with Crippen molar-refractivity contribution in [2.45, 2.75) is 18.3 Å². The summed E-state index contributed by atoms with van der Waals surface area (Å²) in [5.74, 6) is 1.59. The Morgan fingerprint density at radius 2 is 1.78 bits per heavy atom. The van der Waals surface area contributed by atoms with Gasteiger partial charge in [-0.1, -0.05) is 18.2 Å². The lowest BCUT2D eigenvalue weighted by Gasteiger charge is -2.30. The Bertz CT molecular complexity index is 432. The molecule has 0 radical (unpaired) electrons. The molecule has 1 aromatic carbocycles. The number of hydrogen-bond donors (Lipinski definition) is 1. The fourth-order valence-electron chi connectivity index (χ4n) is 2.69. The van der Waals surface area contributed by atoms with Crippen molar-refractivity contribution in [3.05, 3.63) is 35.9 Å². The fraction of sp³-hybridized carbons (Fsp3) is 0.467. The lowest BCUT2D eigenvalue weighted by Crippen LogP contribution is -2.34. The molecule has 0 saturated carbocycles. The number of hydrogen-bond acceptors (Lipinski definition) is 3. The van der Waals surface area contributed by atoms with Crippen LogP contribution < -0.4 is 14.8 Å². The van der Waals surface area contributed by atoms with Gasteiger partial charge in [0, 0.05) is 12.0 Å². The second-order valence-electron chi connectivity index (χ2n) is 4.76. The fourth-order valence-corrected chi connectivity index (χ4v) is 2.69. The van der Waals surface area contributed by atoms with E-state index in [0.717, 1.165) is 30.9 Å². The number of benzene rings is 1. The van der Waals surface area contributed by atoms with Gasteiger partial charge in [-0.05, 0) is 37.6 Å². The zero-order valence-corrected chi connectivity index (χ0v) is 11.3. The van der Waals surface area contributed by atoms with Crippen molar-refractivity contribution in [3.63, 3.8) is 0 Å². The van der Waals surface area contributed by atoms with Crippen LogP contribution in [0.15, 0.2) is 30.4 Å². The van der Waals surface area contributed by atoms with E-state index < -0.39 is 0 Å². The molecule has 0 aliphatic heterocycles. The number of allylic oxidation sites excluding steroid dienone is 2. The largest absolute Gasteiger partial charge is 0.493 e. The van der Waals surface area contributed by atoms with Gasteiger partial charge in [0.1, 0.15) is 0 Å². The van der Waals surface area contributed by atoms with Crippen LogP contribution in [0.25, 0.3) is 0 Å². The summed E-state index contributed by atoms with van der Waals surface area (Å²) in [7, 11) is 5.35. The van der Waals surface area contributed by atoms with Crippen LogP contribution in [0.1, 0.15) is 18.4 Å². The Kier molecular flexibility index (Phi) is 3.92. The summed E-state index contributed by atoms with van der Waals surface area (Å²) < 4.78 is 10.7. The van der Waals surface area contributed by atoms with Crippen molar-refractivity contribution in [2.24, 2.45) is 0 Å². The molecule has 1 N–H and O–H groups in total. The number of ether oxygens (including phenoxy) is 2. The average Bonchev–Trinajstić information content (AvgIpc) is 2.88. The van der Waals surface area contributed by atoms with Gasteiger partial charge in [-0.15, -0.1) is 0 Å². The van der Waals surface area contributed by atoms with Crippen molar-refractivity contribution in [3.8, 4) is 11.5 Å². The highest BCUT2D eigenvalue weighted by atomic mass is 16.5. The predicted molar refractivity (Wildman–Crippen MR) is 73.5 cm³/mol. The van der Waals surface area contributed by atoms with Crippen molar-refractivity contribution in [2.75, 3.05) is 27.8 Å². The normalized spacial score (nSPS) is 16.8. The van der Waals surface area contributed by atoms with E-state index in [-0.39, 0.29) is 5.41 Å². The lowest BCUT2D eigenvalue weighted by molar-refractivity contribution is 0.351. The van der Waals surface area contributed by atoms with Crippen LogP contribution in [0.4, 0.5) is 0 Å². The van der Waals surface area contributed by atoms with Gasteiger partial charge in [0.05, 0.1) is 14.2 Å². The van der Waals surface area contributed by atoms with Crippen molar-refractivity contribution < 1.29 is 9.47 Å². The summed E-state index contributed by atoms with van der Waals surface area (Å²) in [5, 5.41) is 3.30. The third kappa shape index (κ3) is 2.23. The number of likely N-dealkylation sites (N-methyl/N-ethyl adjacent to an activating group) is 1. The van der Waals surface area contributed by atoms with Gasteiger partial charge in [-0.25, -0.2) is 0 Å². The molecule has 0 fully saturated rings. The van der Waals surface area contributed by atoms with Crippen LogP contribution in [0.5, 0.6) is 11.5 Å². The van der Waals surface area contributed by atoms with E-state index in [2.05, 4.69) is 29.6 Å². The highest BCUT2D eigenvalue weighted by molar-refractivity contribution is 5.46. The standard InChI is InChI=1S/C15H21NO2/c1-16-11-15(8-4-5-9-15)12-6-7-13(17-2)14(10-12)18-3/h4-7,10,16H,8-9,11H2,1-3H3. The first-order valence-electron chi connectivity index (χ1n) is 6.28. The molecule has 98 valence electrons. The molecule has 0 heterocycles. The third-order valence-electron chi connectivity index (χ3n) is 3.69. The maximum atomic E-state index is 5.39. The van der Waals surface area contributed by atoms with E-state index in [0.29, 0.717) is 0 Å². The molecule has 1 aliphatic carbocycles. The quantitative estimate of drug-likeness (QED) is 0.811. The van der Waals surface area contributed by atoms with Gasteiger partial charge in [-0.3, -0.25) is 0 Å². The smallest absolute Gasteiger partial charge is 0.161 e. The molecule has 0 unspecified atom stereocenters. The highest BCUT2D eigenvalue weighted by Gasteiger charge is 2.32. The van der Waals surface area contributed by atoms with Crippen LogP contribution in [0, 0.1) is 0 Å². The number of rotatable bonds is 5. The minimum Gasteiger partial charge on any atom is -0.493 e. The topological polar surface area (TPSA) is 30.5 Å². The second-order valence-corrected chi connectivity index (χ2v) is 4.76.